The molecule has 2 unspecified atom stereocenters. The van der Waals surface area contributed by atoms with Gasteiger partial charge in [0.25, 0.3) is 0 Å². The summed E-state index contributed by atoms with van der Waals surface area (Å²) in [5.41, 5.74) is 1.02. The van der Waals surface area contributed by atoms with Crippen molar-refractivity contribution in [2.45, 2.75) is 32.2 Å². The third-order valence-electron chi connectivity index (χ3n) is 4.15. The molecule has 3 rings (SSSR count). The fourth-order valence-corrected chi connectivity index (χ4v) is 3.25. The first-order chi connectivity index (χ1) is 9.13. The Bertz CT molecular complexity index is 505. The lowest BCUT2D eigenvalue weighted by molar-refractivity contribution is -0.124. The summed E-state index contributed by atoms with van der Waals surface area (Å²) in [6, 6.07) is 4.50. The van der Waals surface area contributed by atoms with Gasteiger partial charge in [0.15, 0.2) is 0 Å². The number of aromatic nitrogens is 1. The molecule has 2 aliphatic heterocycles. The van der Waals surface area contributed by atoms with E-state index in [4.69, 9.17) is 0 Å². The summed E-state index contributed by atoms with van der Waals surface area (Å²) in [6.45, 7) is 3.98. The summed E-state index contributed by atoms with van der Waals surface area (Å²) >= 11 is 3.49. The third kappa shape index (κ3) is 2.61. The van der Waals surface area contributed by atoms with E-state index < -0.39 is 0 Å². The predicted octanol–water partition coefficient (Wildman–Crippen LogP) is 2.26. The molecule has 0 radical (unpaired) electrons. The molecule has 2 aliphatic rings. The van der Waals surface area contributed by atoms with Crippen molar-refractivity contribution in [2.24, 2.45) is 5.92 Å². The van der Waals surface area contributed by atoms with Crippen LogP contribution < -0.4 is 10.2 Å². The molecule has 0 aromatic carbocycles. The largest absolute Gasteiger partial charge is 0.356 e. The Labute approximate surface area is 121 Å². The van der Waals surface area contributed by atoms with Gasteiger partial charge < -0.3 is 10.2 Å². The molecule has 1 aromatic heterocycles. The van der Waals surface area contributed by atoms with E-state index in [2.05, 4.69) is 43.3 Å². The van der Waals surface area contributed by atoms with E-state index >= 15 is 0 Å². The van der Waals surface area contributed by atoms with Crippen molar-refractivity contribution in [1.29, 1.82) is 0 Å². The lowest BCUT2D eigenvalue weighted by Gasteiger charge is -2.42. The highest BCUT2D eigenvalue weighted by Gasteiger charge is 2.34. The molecule has 1 aromatic rings. The molecule has 4 nitrogen and oxygen atoms in total. The Balaban J connectivity index is 1.74. The molecule has 2 saturated heterocycles. The number of carbonyl (C=O) groups is 1. The Morgan fingerprint density at radius 1 is 1.42 bits per heavy atom. The van der Waals surface area contributed by atoms with Gasteiger partial charge in [-0.05, 0) is 53.7 Å². The van der Waals surface area contributed by atoms with E-state index in [0.717, 1.165) is 41.9 Å². The zero-order valence-electron chi connectivity index (χ0n) is 11.0. The van der Waals surface area contributed by atoms with Crippen LogP contribution in [-0.2, 0) is 4.79 Å². The maximum Gasteiger partial charge on any atom is 0.220 e. The van der Waals surface area contributed by atoms with Gasteiger partial charge in [-0.25, -0.2) is 4.98 Å². The van der Waals surface area contributed by atoms with Crippen molar-refractivity contribution in [3.63, 3.8) is 0 Å². The maximum atomic E-state index is 11.4. The van der Waals surface area contributed by atoms with E-state index in [1.54, 1.807) is 0 Å². The first-order valence-electron chi connectivity index (χ1n) is 6.81. The lowest BCUT2D eigenvalue weighted by Crippen LogP contribution is -2.54. The highest BCUT2D eigenvalue weighted by atomic mass is 79.9. The van der Waals surface area contributed by atoms with E-state index in [1.807, 2.05) is 6.92 Å². The molecule has 19 heavy (non-hydrogen) atoms. The molecule has 5 heteroatoms. The van der Waals surface area contributed by atoms with Crippen molar-refractivity contribution >= 4 is 27.7 Å². The minimum Gasteiger partial charge on any atom is -0.356 e. The molecule has 102 valence electrons. The van der Waals surface area contributed by atoms with Crippen molar-refractivity contribution in [3.8, 4) is 0 Å². The minimum atomic E-state index is 0.215. The zero-order chi connectivity index (χ0) is 13.4. The highest BCUT2D eigenvalue weighted by Crippen LogP contribution is 2.28. The van der Waals surface area contributed by atoms with Crippen LogP contribution in [-0.4, -0.2) is 30.0 Å². The number of hydrogen-bond donors (Lipinski definition) is 1. The van der Waals surface area contributed by atoms with Crippen molar-refractivity contribution < 1.29 is 4.79 Å². The van der Waals surface area contributed by atoms with Crippen LogP contribution in [0.1, 0.15) is 25.0 Å². The average Bonchev–Trinajstić information content (AvgIpc) is 2.41. The monoisotopic (exact) mass is 323 g/mol. The van der Waals surface area contributed by atoms with Crippen LogP contribution in [0, 0.1) is 12.8 Å². The van der Waals surface area contributed by atoms with E-state index in [0.29, 0.717) is 18.4 Å². The number of amides is 1. The number of rotatable bonds is 1. The first kappa shape index (κ1) is 12.9. The highest BCUT2D eigenvalue weighted by molar-refractivity contribution is 9.10. The predicted molar refractivity (Wildman–Crippen MR) is 78.2 cm³/mol. The van der Waals surface area contributed by atoms with Gasteiger partial charge in [-0.15, -0.1) is 0 Å². The Morgan fingerprint density at radius 2 is 2.26 bits per heavy atom. The number of nitrogens with zero attached hydrogens (tertiary/aromatic N) is 2. The van der Waals surface area contributed by atoms with Crippen LogP contribution >= 0.6 is 15.9 Å². The topological polar surface area (TPSA) is 45.2 Å². The second-order valence-electron chi connectivity index (χ2n) is 5.44. The number of pyridine rings is 1. The fourth-order valence-electron chi connectivity index (χ4n) is 3.03. The van der Waals surface area contributed by atoms with Crippen LogP contribution in [0.2, 0.25) is 0 Å². The molecular weight excluding hydrogens is 306 g/mol. The summed E-state index contributed by atoms with van der Waals surface area (Å²) in [5, 5.41) is 3.12. The zero-order valence-corrected chi connectivity index (χ0v) is 12.6. The number of halogens is 1. The number of carbonyl (C=O) groups excluding carboxylic acids is 1. The van der Waals surface area contributed by atoms with E-state index in [-0.39, 0.29) is 5.91 Å². The summed E-state index contributed by atoms with van der Waals surface area (Å²) in [5.74, 6) is 1.83. The van der Waals surface area contributed by atoms with Gasteiger partial charge in [-0.3, -0.25) is 4.79 Å². The Hall–Kier alpha value is -1.10. The number of nitrogens with one attached hydrogen (secondary N) is 1. The number of anilines is 1. The summed E-state index contributed by atoms with van der Waals surface area (Å²) in [7, 11) is 0. The fraction of sp³-hybridized carbons (Fsp3) is 0.571. The second-order valence-corrected chi connectivity index (χ2v) is 6.30. The summed E-state index contributed by atoms with van der Waals surface area (Å²) < 4.78 is 1.05. The first-order valence-corrected chi connectivity index (χ1v) is 7.60. The van der Waals surface area contributed by atoms with Gasteiger partial charge in [-0.1, -0.05) is 0 Å². The van der Waals surface area contributed by atoms with Gasteiger partial charge in [0.1, 0.15) is 5.82 Å². The van der Waals surface area contributed by atoms with Crippen LogP contribution in [0.3, 0.4) is 0 Å². The smallest absolute Gasteiger partial charge is 0.220 e. The lowest BCUT2D eigenvalue weighted by atomic mass is 9.85. The third-order valence-corrected chi connectivity index (χ3v) is 4.99. The molecule has 0 aliphatic carbocycles. The minimum absolute atomic E-state index is 0.215. The maximum absolute atomic E-state index is 11.4. The van der Waals surface area contributed by atoms with Crippen molar-refractivity contribution in [1.82, 2.24) is 10.3 Å². The molecule has 1 amide bonds. The summed E-state index contributed by atoms with van der Waals surface area (Å²) in [6.07, 6.45) is 2.69. The van der Waals surface area contributed by atoms with Gasteiger partial charge in [-0.2, -0.15) is 0 Å². The number of hydrogen-bond acceptors (Lipinski definition) is 3. The Kier molecular flexibility index (Phi) is 3.48. The van der Waals surface area contributed by atoms with Crippen LogP contribution in [0.5, 0.6) is 0 Å². The molecule has 2 fully saturated rings. The Morgan fingerprint density at radius 3 is 3.05 bits per heavy atom. The van der Waals surface area contributed by atoms with Gasteiger partial charge in [0.05, 0.1) is 5.69 Å². The van der Waals surface area contributed by atoms with Gasteiger partial charge >= 0.3 is 0 Å². The van der Waals surface area contributed by atoms with Crippen LogP contribution in [0.15, 0.2) is 16.6 Å². The van der Waals surface area contributed by atoms with Crippen LogP contribution in [0.4, 0.5) is 5.82 Å². The van der Waals surface area contributed by atoms with E-state index in [9.17, 15) is 4.79 Å². The number of aryl methyl sites for hydroxylation is 1. The quantitative estimate of drug-likeness (QED) is 0.862. The molecular formula is C14H18BrN3O. The average molecular weight is 324 g/mol. The van der Waals surface area contributed by atoms with E-state index in [1.165, 1.54) is 0 Å². The number of piperidine rings is 2. The summed E-state index contributed by atoms with van der Waals surface area (Å²) in [4.78, 5) is 18.4. The molecule has 0 saturated carbocycles. The molecule has 1 N–H and O–H groups in total. The van der Waals surface area contributed by atoms with Gasteiger partial charge in [0, 0.05) is 30.0 Å². The molecule has 3 heterocycles. The van der Waals surface area contributed by atoms with Crippen molar-refractivity contribution in [2.75, 3.05) is 18.0 Å². The van der Waals surface area contributed by atoms with Gasteiger partial charge in [0.2, 0.25) is 5.91 Å². The second kappa shape index (κ2) is 5.12. The molecule has 0 bridgehead atoms. The normalized spacial score (nSPS) is 26.8. The molecule has 0 spiro atoms. The van der Waals surface area contributed by atoms with Crippen molar-refractivity contribution in [3.05, 3.63) is 22.3 Å². The molecule has 2 atom stereocenters. The van der Waals surface area contributed by atoms with Crippen LogP contribution in [0.25, 0.3) is 0 Å². The SMILES string of the molecule is Cc1nc(N2CCC3NC(=O)CCC3C2)ccc1Br. The number of fused-ring (bicyclic) bond motifs is 1. The standard InChI is InChI=1S/C14H18BrN3O/c1-9-11(15)3-4-13(16-9)18-7-6-12-10(8-18)2-5-14(19)17-12/h3-4,10,12H,2,5-8H2,1H3,(H,17,19).